The van der Waals surface area contributed by atoms with E-state index in [-0.39, 0.29) is 11.3 Å². The Morgan fingerprint density at radius 2 is 1.58 bits per heavy atom. The van der Waals surface area contributed by atoms with Crippen molar-refractivity contribution in [3.8, 4) is 0 Å². The van der Waals surface area contributed by atoms with Crippen LogP contribution < -0.4 is 10.2 Å². The maximum atomic E-state index is 12.5. The zero-order valence-corrected chi connectivity index (χ0v) is 14.1. The van der Waals surface area contributed by atoms with E-state index in [1.54, 1.807) is 24.3 Å². The fourth-order valence-electron chi connectivity index (χ4n) is 2.05. The van der Waals surface area contributed by atoms with E-state index in [1.807, 2.05) is 19.0 Å². The minimum Gasteiger partial charge on any atom is -0.452 e. The molecular weight excluding hydrogens is 349 g/mol. The molecule has 1 amide bonds. The molecule has 0 atom stereocenters. The molecule has 0 aliphatic rings. The number of anilines is 2. The van der Waals surface area contributed by atoms with Crippen molar-refractivity contribution >= 4 is 23.3 Å². The van der Waals surface area contributed by atoms with Crippen molar-refractivity contribution < 1.29 is 27.5 Å². The number of alkyl halides is 3. The summed E-state index contributed by atoms with van der Waals surface area (Å²) in [6, 6.07) is 10.6. The van der Waals surface area contributed by atoms with Crippen LogP contribution in [0.3, 0.4) is 0 Å². The molecule has 1 N–H and O–H groups in total. The first-order valence-corrected chi connectivity index (χ1v) is 7.58. The first-order valence-electron chi connectivity index (χ1n) is 7.58. The molecule has 0 aliphatic heterocycles. The van der Waals surface area contributed by atoms with Gasteiger partial charge in [-0.1, -0.05) is 0 Å². The SMILES string of the molecule is CN(C)c1ccc(C(=O)OCC(=O)Nc2ccc(C(F)(F)F)cc2)cc1. The van der Waals surface area contributed by atoms with Gasteiger partial charge in [0.05, 0.1) is 11.1 Å². The van der Waals surface area contributed by atoms with Crippen LogP contribution >= 0.6 is 0 Å². The predicted molar refractivity (Wildman–Crippen MR) is 91.1 cm³/mol. The van der Waals surface area contributed by atoms with E-state index < -0.39 is 30.2 Å². The van der Waals surface area contributed by atoms with Gasteiger partial charge in [0.15, 0.2) is 6.61 Å². The molecule has 2 aromatic rings. The maximum Gasteiger partial charge on any atom is 0.416 e. The lowest BCUT2D eigenvalue weighted by atomic mass is 10.2. The van der Waals surface area contributed by atoms with E-state index in [9.17, 15) is 22.8 Å². The minimum atomic E-state index is -4.44. The highest BCUT2D eigenvalue weighted by Crippen LogP contribution is 2.29. The Balaban J connectivity index is 1.87. The average molecular weight is 366 g/mol. The van der Waals surface area contributed by atoms with Crippen molar-refractivity contribution in [1.82, 2.24) is 0 Å². The van der Waals surface area contributed by atoms with Gasteiger partial charge in [0.1, 0.15) is 0 Å². The third-order valence-corrected chi connectivity index (χ3v) is 3.45. The van der Waals surface area contributed by atoms with Crippen molar-refractivity contribution in [2.24, 2.45) is 0 Å². The van der Waals surface area contributed by atoms with Crippen LogP contribution in [0, 0.1) is 0 Å². The van der Waals surface area contributed by atoms with E-state index in [0.29, 0.717) is 0 Å². The number of hydrogen-bond acceptors (Lipinski definition) is 4. The first-order chi connectivity index (χ1) is 12.2. The van der Waals surface area contributed by atoms with Gasteiger partial charge in [-0.3, -0.25) is 4.79 Å². The van der Waals surface area contributed by atoms with Gasteiger partial charge in [0, 0.05) is 25.5 Å². The Morgan fingerprint density at radius 1 is 1.00 bits per heavy atom. The van der Waals surface area contributed by atoms with Crippen molar-refractivity contribution in [3.63, 3.8) is 0 Å². The molecule has 0 heterocycles. The van der Waals surface area contributed by atoms with E-state index in [4.69, 9.17) is 4.74 Å². The maximum absolute atomic E-state index is 12.5. The highest BCUT2D eigenvalue weighted by atomic mass is 19.4. The molecule has 0 saturated heterocycles. The summed E-state index contributed by atoms with van der Waals surface area (Å²) in [6.45, 7) is -0.546. The van der Waals surface area contributed by atoms with E-state index in [2.05, 4.69) is 5.32 Å². The third kappa shape index (κ3) is 5.23. The van der Waals surface area contributed by atoms with Crippen LogP contribution in [0.5, 0.6) is 0 Å². The van der Waals surface area contributed by atoms with Crippen LogP contribution in [0.4, 0.5) is 24.5 Å². The molecule has 0 radical (unpaired) electrons. The topological polar surface area (TPSA) is 58.6 Å². The van der Waals surface area contributed by atoms with Gasteiger partial charge in [-0.2, -0.15) is 13.2 Å². The van der Waals surface area contributed by atoms with Gasteiger partial charge < -0.3 is 15.0 Å². The third-order valence-electron chi connectivity index (χ3n) is 3.45. The quantitative estimate of drug-likeness (QED) is 0.822. The molecule has 0 bridgehead atoms. The summed E-state index contributed by atoms with van der Waals surface area (Å²) in [7, 11) is 3.72. The summed E-state index contributed by atoms with van der Waals surface area (Å²) in [5.41, 5.74) is 0.553. The van der Waals surface area contributed by atoms with Crippen molar-refractivity contribution in [1.29, 1.82) is 0 Å². The molecule has 5 nitrogen and oxygen atoms in total. The summed E-state index contributed by atoms with van der Waals surface area (Å²) in [6.07, 6.45) is -4.44. The van der Waals surface area contributed by atoms with Gasteiger partial charge in [-0.25, -0.2) is 4.79 Å². The van der Waals surface area contributed by atoms with Crippen molar-refractivity contribution in [2.75, 3.05) is 30.9 Å². The molecular formula is C18H17F3N2O3. The normalized spacial score (nSPS) is 11.0. The molecule has 2 rings (SSSR count). The second-order valence-corrected chi connectivity index (χ2v) is 5.64. The van der Waals surface area contributed by atoms with Crippen LogP contribution in [-0.2, 0) is 15.7 Å². The van der Waals surface area contributed by atoms with Crippen LogP contribution in [0.25, 0.3) is 0 Å². The number of benzene rings is 2. The second kappa shape index (κ2) is 7.90. The van der Waals surface area contributed by atoms with E-state index in [1.165, 1.54) is 0 Å². The Morgan fingerprint density at radius 3 is 2.08 bits per heavy atom. The number of nitrogens with zero attached hydrogens (tertiary/aromatic N) is 1. The summed E-state index contributed by atoms with van der Waals surface area (Å²) in [5, 5.41) is 2.36. The Labute approximate surface area is 148 Å². The van der Waals surface area contributed by atoms with Gasteiger partial charge >= 0.3 is 12.1 Å². The zero-order chi connectivity index (χ0) is 19.3. The van der Waals surface area contributed by atoms with Gasteiger partial charge in [0.2, 0.25) is 0 Å². The highest BCUT2D eigenvalue weighted by molar-refractivity contribution is 5.95. The zero-order valence-electron chi connectivity index (χ0n) is 14.1. The molecule has 0 unspecified atom stereocenters. The monoisotopic (exact) mass is 366 g/mol. The van der Waals surface area contributed by atoms with Crippen molar-refractivity contribution in [3.05, 3.63) is 59.7 Å². The summed E-state index contributed by atoms with van der Waals surface area (Å²) in [4.78, 5) is 25.5. The Bertz CT molecular complexity index is 770. The molecule has 0 aromatic heterocycles. The number of carbonyl (C=O) groups excluding carboxylic acids is 2. The minimum absolute atomic E-state index is 0.175. The predicted octanol–water partition coefficient (Wildman–Crippen LogP) is 3.57. The number of ether oxygens (including phenoxy) is 1. The standard InChI is InChI=1S/C18H17F3N2O3/c1-23(2)15-9-3-12(4-10-15)17(25)26-11-16(24)22-14-7-5-13(6-8-14)18(19,20)21/h3-10H,11H2,1-2H3,(H,22,24). The molecule has 0 fully saturated rings. The Kier molecular flexibility index (Phi) is 5.86. The summed E-state index contributed by atoms with van der Waals surface area (Å²) >= 11 is 0. The first kappa shape index (κ1) is 19.3. The summed E-state index contributed by atoms with van der Waals surface area (Å²) in [5.74, 6) is -1.32. The van der Waals surface area contributed by atoms with Crippen LogP contribution in [0.15, 0.2) is 48.5 Å². The van der Waals surface area contributed by atoms with Crippen molar-refractivity contribution in [2.45, 2.75) is 6.18 Å². The number of carbonyl (C=O) groups is 2. The lowest BCUT2D eigenvalue weighted by Crippen LogP contribution is -2.21. The summed E-state index contributed by atoms with van der Waals surface area (Å²) < 4.78 is 42.3. The number of halogens is 3. The molecule has 0 saturated carbocycles. The molecule has 2 aromatic carbocycles. The highest BCUT2D eigenvalue weighted by Gasteiger charge is 2.30. The Hall–Kier alpha value is -3.03. The number of nitrogens with one attached hydrogen (secondary N) is 1. The largest absolute Gasteiger partial charge is 0.452 e. The molecule has 0 aliphatic carbocycles. The van der Waals surface area contributed by atoms with Gasteiger partial charge in [-0.05, 0) is 48.5 Å². The smallest absolute Gasteiger partial charge is 0.416 e. The van der Waals surface area contributed by atoms with Crippen LogP contribution in [-0.4, -0.2) is 32.6 Å². The van der Waals surface area contributed by atoms with Gasteiger partial charge in [-0.15, -0.1) is 0 Å². The molecule has 26 heavy (non-hydrogen) atoms. The number of amides is 1. The lowest BCUT2D eigenvalue weighted by molar-refractivity contribution is -0.137. The second-order valence-electron chi connectivity index (χ2n) is 5.64. The number of esters is 1. The van der Waals surface area contributed by atoms with Gasteiger partial charge in [0.25, 0.3) is 5.91 Å². The van der Waals surface area contributed by atoms with E-state index in [0.717, 1.165) is 30.0 Å². The number of rotatable bonds is 5. The van der Waals surface area contributed by atoms with Crippen LogP contribution in [0.1, 0.15) is 15.9 Å². The van der Waals surface area contributed by atoms with E-state index >= 15 is 0 Å². The molecule has 8 heteroatoms. The fraction of sp³-hybridized carbons (Fsp3) is 0.222. The van der Waals surface area contributed by atoms with Crippen LogP contribution in [0.2, 0.25) is 0 Å². The fourth-order valence-corrected chi connectivity index (χ4v) is 2.05. The molecule has 138 valence electrons. The average Bonchev–Trinajstić information content (AvgIpc) is 2.59. The lowest BCUT2D eigenvalue weighted by Gasteiger charge is -2.12. The molecule has 0 spiro atoms. The number of hydrogen-bond donors (Lipinski definition) is 1.